The van der Waals surface area contributed by atoms with Crippen molar-refractivity contribution in [3.63, 3.8) is 0 Å². The molecule has 210 valence electrons. The lowest BCUT2D eigenvalue weighted by Gasteiger charge is -2.34. The van der Waals surface area contributed by atoms with Crippen molar-refractivity contribution in [2.24, 2.45) is 0 Å². The van der Waals surface area contributed by atoms with Gasteiger partial charge in [-0.1, -0.05) is 75.4 Å². The van der Waals surface area contributed by atoms with Crippen LogP contribution in [0.1, 0.15) is 54.6 Å². The number of carbonyl (C=O) groups excluding carboxylic acids is 3. The van der Waals surface area contributed by atoms with Crippen LogP contribution < -0.4 is 4.90 Å². The van der Waals surface area contributed by atoms with Crippen LogP contribution in [0.15, 0.2) is 66.9 Å². The van der Waals surface area contributed by atoms with Gasteiger partial charge < -0.3 is 9.80 Å². The minimum absolute atomic E-state index is 0.190. The zero-order chi connectivity index (χ0) is 29.3. The summed E-state index contributed by atoms with van der Waals surface area (Å²) in [6.45, 7) is 6.97. The topological polar surface area (TPSA) is 115 Å². The summed E-state index contributed by atoms with van der Waals surface area (Å²) in [5.74, 6) is -0.569. The number of piperazine rings is 1. The highest BCUT2D eigenvalue weighted by Gasteiger charge is 2.63. The van der Waals surface area contributed by atoms with Crippen LogP contribution in [0.5, 0.6) is 0 Å². The summed E-state index contributed by atoms with van der Waals surface area (Å²) in [5, 5.41) is 15.5. The first kappa shape index (κ1) is 25.9. The Morgan fingerprint density at radius 2 is 1.76 bits per heavy atom. The van der Waals surface area contributed by atoms with E-state index in [0.717, 1.165) is 11.3 Å². The van der Waals surface area contributed by atoms with Crippen LogP contribution in [0, 0.1) is 11.3 Å². The number of rotatable bonds is 4. The zero-order valence-corrected chi connectivity index (χ0v) is 23.6. The van der Waals surface area contributed by atoms with Gasteiger partial charge in [-0.2, -0.15) is 10.4 Å². The van der Waals surface area contributed by atoms with E-state index < -0.39 is 18.1 Å². The highest BCUT2D eigenvalue weighted by atomic mass is 16.2. The van der Waals surface area contributed by atoms with Gasteiger partial charge in [0, 0.05) is 22.7 Å². The van der Waals surface area contributed by atoms with E-state index in [1.807, 2.05) is 36.4 Å². The minimum atomic E-state index is -0.776. The van der Waals surface area contributed by atoms with Crippen molar-refractivity contribution >= 4 is 34.3 Å². The fourth-order valence-electron chi connectivity index (χ4n) is 6.54. The van der Waals surface area contributed by atoms with Crippen molar-refractivity contribution in [1.82, 2.24) is 24.6 Å². The van der Waals surface area contributed by atoms with Crippen molar-refractivity contribution in [1.29, 1.82) is 5.26 Å². The molecule has 3 aliphatic rings. The number of anilines is 1. The first-order valence-corrected chi connectivity index (χ1v) is 14.0. The molecule has 3 atom stereocenters. The lowest BCUT2D eigenvalue weighted by molar-refractivity contribution is -0.121. The van der Waals surface area contributed by atoms with E-state index in [-0.39, 0.29) is 29.0 Å². The molecular formula is C32H29N7O3. The summed E-state index contributed by atoms with van der Waals surface area (Å²) in [4.78, 5) is 50.6. The van der Waals surface area contributed by atoms with Gasteiger partial charge in [-0.05, 0) is 18.1 Å². The molecule has 3 aliphatic heterocycles. The van der Waals surface area contributed by atoms with E-state index in [1.54, 1.807) is 38.7 Å². The fourth-order valence-corrected chi connectivity index (χ4v) is 6.54. The summed E-state index contributed by atoms with van der Waals surface area (Å²) in [6, 6.07) is 19.0. The second-order valence-corrected chi connectivity index (χ2v) is 12.2. The van der Waals surface area contributed by atoms with E-state index >= 15 is 0 Å². The highest BCUT2D eigenvalue weighted by Crippen LogP contribution is 2.44. The Balaban J connectivity index is 1.22. The van der Waals surface area contributed by atoms with Crippen molar-refractivity contribution in [3.8, 4) is 6.07 Å². The van der Waals surface area contributed by atoms with Gasteiger partial charge in [-0.3, -0.25) is 14.3 Å². The van der Waals surface area contributed by atoms with Crippen molar-refractivity contribution in [3.05, 3.63) is 89.5 Å². The molecule has 10 nitrogen and oxygen atoms in total. The molecule has 4 amide bonds. The van der Waals surface area contributed by atoms with Crippen molar-refractivity contribution in [2.75, 3.05) is 11.4 Å². The standard InChI is InChI=1S/C32H29N7O3/c1-32(2,3)27-14-25(37(35-27)17-19-9-5-4-6-10-19)29(40)36-18-20-13-24(36)28-30(41)39(31(42)38(20)28)26-16-34-23(15-33)21-11-7-8-12-22(21)26/h4-12,14,16,20,24,28H,13,17-18H2,1-3H3/t20?,24?,28-/m1/s1. The van der Waals surface area contributed by atoms with Crippen LogP contribution in [-0.4, -0.2) is 67.1 Å². The number of amides is 4. The third-order valence-electron chi connectivity index (χ3n) is 8.59. The number of benzene rings is 2. The summed E-state index contributed by atoms with van der Waals surface area (Å²) >= 11 is 0. The number of hydrogen-bond donors (Lipinski definition) is 0. The van der Waals surface area contributed by atoms with E-state index in [2.05, 4.69) is 31.8 Å². The molecule has 3 saturated heterocycles. The molecule has 7 rings (SSSR count). The number of nitriles is 1. The van der Waals surface area contributed by atoms with E-state index in [4.69, 9.17) is 5.10 Å². The summed E-state index contributed by atoms with van der Waals surface area (Å²) in [5.41, 5.74) is 2.63. The largest absolute Gasteiger partial charge is 0.332 e. The molecule has 10 heteroatoms. The Kier molecular flexibility index (Phi) is 5.70. The Morgan fingerprint density at radius 1 is 1.05 bits per heavy atom. The van der Waals surface area contributed by atoms with Crippen LogP contribution in [0.2, 0.25) is 0 Å². The van der Waals surface area contributed by atoms with Gasteiger partial charge >= 0.3 is 6.03 Å². The quantitative estimate of drug-likeness (QED) is 0.348. The lowest BCUT2D eigenvalue weighted by Crippen LogP contribution is -2.55. The molecule has 0 radical (unpaired) electrons. The average Bonchev–Trinajstić information content (AvgIpc) is 3.75. The van der Waals surface area contributed by atoms with Gasteiger partial charge in [-0.15, -0.1) is 0 Å². The maximum atomic E-state index is 14.2. The molecule has 2 aromatic carbocycles. The van der Waals surface area contributed by atoms with E-state index in [0.29, 0.717) is 41.7 Å². The maximum Gasteiger partial charge on any atom is 0.332 e. The molecule has 42 heavy (non-hydrogen) atoms. The van der Waals surface area contributed by atoms with Crippen molar-refractivity contribution in [2.45, 2.75) is 57.3 Å². The molecule has 0 N–H and O–H groups in total. The second-order valence-electron chi connectivity index (χ2n) is 12.2. The Labute approximate surface area is 242 Å². The first-order chi connectivity index (χ1) is 20.2. The lowest BCUT2D eigenvalue weighted by atomic mass is 9.92. The number of urea groups is 1. The van der Waals surface area contributed by atoms with Crippen LogP contribution in [-0.2, 0) is 16.8 Å². The third-order valence-corrected chi connectivity index (χ3v) is 8.59. The molecule has 2 unspecified atom stereocenters. The predicted octanol–water partition coefficient (Wildman–Crippen LogP) is 4.08. The molecule has 5 heterocycles. The second kappa shape index (κ2) is 9.24. The summed E-state index contributed by atoms with van der Waals surface area (Å²) in [7, 11) is 0. The van der Waals surface area contributed by atoms with Crippen LogP contribution in [0.25, 0.3) is 10.8 Å². The number of fused-ring (bicyclic) bond motifs is 6. The Morgan fingerprint density at radius 3 is 2.48 bits per heavy atom. The highest BCUT2D eigenvalue weighted by molar-refractivity contribution is 6.25. The summed E-state index contributed by atoms with van der Waals surface area (Å²) < 4.78 is 1.75. The number of pyridine rings is 1. The molecule has 0 aliphatic carbocycles. The average molecular weight is 560 g/mol. The molecule has 4 aromatic rings. The maximum absolute atomic E-state index is 14.2. The number of imide groups is 1. The van der Waals surface area contributed by atoms with Crippen molar-refractivity contribution < 1.29 is 14.4 Å². The molecule has 2 aromatic heterocycles. The monoisotopic (exact) mass is 559 g/mol. The van der Waals surface area contributed by atoms with Gasteiger partial charge in [0.1, 0.15) is 23.5 Å². The first-order valence-electron chi connectivity index (χ1n) is 14.0. The van der Waals surface area contributed by atoms with Gasteiger partial charge in [0.15, 0.2) is 0 Å². The van der Waals surface area contributed by atoms with Gasteiger partial charge in [0.2, 0.25) is 0 Å². The van der Waals surface area contributed by atoms with Gasteiger partial charge in [0.25, 0.3) is 11.8 Å². The number of aromatic nitrogens is 3. The number of nitrogens with zero attached hydrogens (tertiary/aromatic N) is 7. The van der Waals surface area contributed by atoms with Crippen LogP contribution in [0.4, 0.5) is 10.5 Å². The number of carbonyl (C=O) groups is 3. The SMILES string of the molecule is CC(C)(C)c1cc(C(=O)N2CC3CC2[C@@H]2C(=O)N(c4cnc(C#N)c5ccccc45)C(=O)N32)n(Cc2ccccc2)n1. The van der Waals surface area contributed by atoms with Gasteiger partial charge in [-0.25, -0.2) is 14.7 Å². The molecule has 0 saturated carbocycles. The Hall–Kier alpha value is -5.04. The van der Waals surface area contributed by atoms with Crippen LogP contribution >= 0.6 is 0 Å². The predicted molar refractivity (Wildman–Crippen MR) is 155 cm³/mol. The van der Waals surface area contributed by atoms with Crippen LogP contribution in [0.3, 0.4) is 0 Å². The van der Waals surface area contributed by atoms with E-state index in [1.165, 1.54) is 11.1 Å². The van der Waals surface area contributed by atoms with E-state index in [9.17, 15) is 19.6 Å². The fraction of sp³-hybridized carbons (Fsp3) is 0.312. The third kappa shape index (κ3) is 3.80. The molecular weight excluding hydrogens is 530 g/mol. The minimum Gasteiger partial charge on any atom is -0.330 e. The number of hydrogen-bond acceptors (Lipinski definition) is 6. The summed E-state index contributed by atoms with van der Waals surface area (Å²) in [6.07, 6.45) is 1.97. The molecule has 2 bridgehead atoms. The zero-order valence-electron chi connectivity index (χ0n) is 23.6. The van der Waals surface area contributed by atoms with Gasteiger partial charge in [0.05, 0.1) is 36.2 Å². The Bertz CT molecular complexity index is 1820. The number of likely N-dealkylation sites (tertiary alicyclic amines) is 1. The smallest absolute Gasteiger partial charge is 0.330 e. The molecule has 3 fully saturated rings. The molecule has 0 spiro atoms. The normalized spacial score (nSPS) is 21.4.